The predicted octanol–water partition coefficient (Wildman–Crippen LogP) is 6.08. The van der Waals surface area contributed by atoms with Gasteiger partial charge in [0.15, 0.2) is 0 Å². The van der Waals surface area contributed by atoms with E-state index in [4.69, 9.17) is 0 Å². The second-order valence-corrected chi connectivity index (χ2v) is 7.49. The van der Waals surface area contributed by atoms with Gasteiger partial charge in [-0.15, -0.1) is 12.4 Å². The minimum Gasteiger partial charge on any atom is -0.314 e. The molecule has 2 heteroatoms. The number of nitrogens with one attached hydrogen (secondary N) is 1. The first-order chi connectivity index (χ1) is 10.9. The van der Waals surface area contributed by atoms with E-state index in [0.717, 1.165) is 17.9 Å². The summed E-state index contributed by atoms with van der Waals surface area (Å²) in [5, 5.41) is 3.86. The van der Waals surface area contributed by atoms with Gasteiger partial charge in [-0.2, -0.15) is 0 Å². The Balaban J connectivity index is 0.00000192. The van der Waals surface area contributed by atoms with E-state index < -0.39 is 0 Å². The zero-order valence-electron chi connectivity index (χ0n) is 14.5. The summed E-state index contributed by atoms with van der Waals surface area (Å²) in [6.07, 6.45) is 15.7. The molecular formula is C21H34ClN. The maximum atomic E-state index is 3.86. The van der Waals surface area contributed by atoms with Crippen LogP contribution in [0.2, 0.25) is 0 Å². The zero-order chi connectivity index (χ0) is 15.0. The first kappa shape index (κ1) is 18.8. The molecule has 2 saturated carbocycles. The Kier molecular flexibility index (Phi) is 8.47. The summed E-state index contributed by atoms with van der Waals surface area (Å²) in [6, 6.07) is 12.1. The van der Waals surface area contributed by atoms with Gasteiger partial charge in [-0.1, -0.05) is 68.9 Å². The number of rotatable bonds is 6. The van der Waals surface area contributed by atoms with E-state index in [1.165, 1.54) is 77.2 Å². The molecule has 0 bridgehead atoms. The van der Waals surface area contributed by atoms with Crippen LogP contribution in [0.1, 0.15) is 82.1 Å². The van der Waals surface area contributed by atoms with Crippen LogP contribution < -0.4 is 5.32 Å². The van der Waals surface area contributed by atoms with Crippen molar-refractivity contribution in [2.45, 2.75) is 82.6 Å². The van der Waals surface area contributed by atoms with E-state index in [0.29, 0.717) is 0 Å². The van der Waals surface area contributed by atoms with Gasteiger partial charge >= 0.3 is 0 Å². The van der Waals surface area contributed by atoms with E-state index in [-0.39, 0.29) is 12.4 Å². The van der Waals surface area contributed by atoms with Crippen molar-refractivity contribution in [1.29, 1.82) is 0 Å². The van der Waals surface area contributed by atoms with Crippen LogP contribution in [-0.2, 0) is 0 Å². The highest BCUT2D eigenvalue weighted by atomic mass is 35.5. The molecule has 1 atom stereocenters. The number of hydrogen-bond donors (Lipinski definition) is 1. The minimum absolute atomic E-state index is 0. The van der Waals surface area contributed by atoms with Crippen LogP contribution in [0.5, 0.6) is 0 Å². The Hall–Kier alpha value is -0.530. The van der Waals surface area contributed by atoms with Crippen LogP contribution in [-0.4, -0.2) is 12.6 Å². The largest absolute Gasteiger partial charge is 0.314 e. The number of hydrogen-bond acceptors (Lipinski definition) is 1. The van der Waals surface area contributed by atoms with Gasteiger partial charge in [0.05, 0.1) is 0 Å². The van der Waals surface area contributed by atoms with Crippen LogP contribution in [0.4, 0.5) is 0 Å². The maximum Gasteiger partial charge on any atom is 0.00670 e. The molecular weight excluding hydrogens is 302 g/mol. The van der Waals surface area contributed by atoms with E-state index >= 15 is 0 Å². The van der Waals surface area contributed by atoms with Crippen molar-refractivity contribution in [3.8, 4) is 0 Å². The highest BCUT2D eigenvalue weighted by Gasteiger charge is 2.25. The van der Waals surface area contributed by atoms with Gasteiger partial charge < -0.3 is 5.32 Å². The topological polar surface area (TPSA) is 12.0 Å². The molecule has 23 heavy (non-hydrogen) atoms. The lowest BCUT2D eigenvalue weighted by molar-refractivity contribution is 0.284. The molecule has 2 aliphatic rings. The Morgan fingerprint density at radius 1 is 0.826 bits per heavy atom. The number of benzene rings is 1. The quantitative estimate of drug-likeness (QED) is 0.663. The molecule has 3 rings (SSSR count). The molecule has 1 nitrogen and oxygen atoms in total. The standard InChI is InChI=1S/C21H33N.ClH/c1-4-10-18(11-5-1)21(19-12-6-2-7-13-19)16-17-22-20-14-8-3-9-15-20;/h1,4-5,10-11,19-22H,2-3,6-9,12-17H2;1H. The SMILES string of the molecule is Cl.c1ccc(C(CCNC2CCCCC2)C2CCCCC2)cc1. The fourth-order valence-corrected chi connectivity index (χ4v) is 4.66. The number of halogens is 1. The molecule has 1 unspecified atom stereocenters. The smallest absolute Gasteiger partial charge is 0.00670 e. The van der Waals surface area contributed by atoms with Crippen molar-refractivity contribution < 1.29 is 0 Å². The van der Waals surface area contributed by atoms with E-state index in [1.807, 2.05) is 0 Å². The molecule has 130 valence electrons. The summed E-state index contributed by atoms with van der Waals surface area (Å²) in [5.74, 6) is 1.70. The van der Waals surface area contributed by atoms with Crippen LogP contribution in [0.15, 0.2) is 30.3 Å². The molecule has 0 aromatic heterocycles. The van der Waals surface area contributed by atoms with Crippen LogP contribution in [0.3, 0.4) is 0 Å². The van der Waals surface area contributed by atoms with Gasteiger partial charge in [0.2, 0.25) is 0 Å². The summed E-state index contributed by atoms with van der Waals surface area (Å²) < 4.78 is 0. The Bertz CT molecular complexity index is 407. The first-order valence-electron chi connectivity index (χ1n) is 9.72. The van der Waals surface area contributed by atoms with Gasteiger partial charge in [0.1, 0.15) is 0 Å². The van der Waals surface area contributed by atoms with Crippen LogP contribution in [0.25, 0.3) is 0 Å². The third-order valence-corrected chi connectivity index (χ3v) is 5.94. The average molecular weight is 336 g/mol. The monoisotopic (exact) mass is 335 g/mol. The molecule has 1 aromatic rings. The third kappa shape index (κ3) is 5.80. The van der Waals surface area contributed by atoms with Gasteiger partial charge in [0.25, 0.3) is 0 Å². The van der Waals surface area contributed by atoms with Gasteiger partial charge in [-0.05, 0) is 56.0 Å². The normalized spacial score (nSPS) is 21.6. The summed E-state index contributed by atoms with van der Waals surface area (Å²) >= 11 is 0. The van der Waals surface area contributed by atoms with Crippen LogP contribution in [0, 0.1) is 5.92 Å². The summed E-state index contributed by atoms with van der Waals surface area (Å²) in [5.41, 5.74) is 1.58. The average Bonchev–Trinajstić information content (AvgIpc) is 2.61. The van der Waals surface area contributed by atoms with Gasteiger partial charge in [-0.3, -0.25) is 0 Å². The lowest BCUT2D eigenvalue weighted by Gasteiger charge is -2.32. The fraction of sp³-hybridized carbons (Fsp3) is 0.714. The summed E-state index contributed by atoms with van der Waals surface area (Å²) in [4.78, 5) is 0. The molecule has 1 N–H and O–H groups in total. The molecule has 0 heterocycles. The van der Waals surface area contributed by atoms with E-state index in [2.05, 4.69) is 35.6 Å². The second-order valence-electron chi connectivity index (χ2n) is 7.49. The highest BCUT2D eigenvalue weighted by Crippen LogP contribution is 2.38. The van der Waals surface area contributed by atoms with E-state index in [1.54, 1.807) is 5.56 Å². The van der Waals surface area contributed by atoms with E-state index in [9.17, 15) is 0 Å². The molecule has 0 saturated heterocycles. The van der Waals surface area contributed by atoms with Crippen molar-refractivity contribution in [2.75, 3.05) is 6.54 Å². The zero-order valence-corrected chi connectivity index (χ0v) is 15.3. The van der Waals surface area contributed by atoms with Crippen molar-refractivity contribution in [2.24, 2.45) is 5.92 Å². The first-order valence-corrected chi connectivity index (χ1v) is 9.72. The maximum absolute atomic E-state index is 3.86. The van der Waals surface area contributed by atoms with Crippen molar-refractivity contribution in [1.82, 2.24) is 5.32 Å². The summed E-state index contributed by atoms with van der Waals surface area (Å²) in [6.45, 7) is 1.21. The minimum atomic E-state index is 0. The lowest BCUT2D eigenvalue weighted by Crippen LogP contribution is -2.33. The molecule has 1 aromatic carbocycles. The fourth-order valence-electron chi connectivity index (χ4n) is 4.66. The van der Waals surface area contributed by atoms with Crippen molar-refractivity contribution in [3.63, 3.8) is 0 Å². The Morgan fingerprint density at radius 3 is 2.09 bits per heavy atom. The molecule has 0 spiro atoms. The van der Waals surface area contributed by atoms with Crippen molar-refractivity contribution >= 4 is 12.4 Å². The third-order valence-electron chi connectivity index (χ3n) is 5.94. The second kappa shape index (κ2) is 10.4. The van der Waals surface area contributed by atoms with Gasteiger partial charge in [0, 0.05) is 6.04 Å². The molecule has 0 radical (unpaired) electrons. The lowest BCUT2D eigenvalue weighted by atomic mass is 9.75. The molecule has 2 fully saturated rings. The molecule has 2 aliphatic carbocycles. The van der Waals surface area contributed by atoms with Crippen molar-refractivity contribution in [3.05, 3.63) is 35.9 Å². The summed E-state index contributed by atoms with van der Waals surface area (Å²) in [7, 11) is 0. The van der Waals surface area contributed by atoms with Crippen LogP contribution >= 0.6 is 12.4 Å². The Morgan fingerprint density at radius 2 is 1.43 bits per heavy atom. The Labute approximate surface area is 149 Å². The molecule has 0 amide bonds. The molecule has 0 aliphatic heterocycles. The predicted molar refractivity (Wildman–Crippen MR) is 102 cm³/mol. The van der Waals surface area contributed by atoms with Gasteiger partial charge in [-0.25, -0.2) is 0 Å². The highest BCUT2D eigenvalue weighted by molar-refractivity contribution is 5.85.